The molecule has 4 rings (SSSR count). The van der Waals surface area contributed by atoms with Gasteiger partial charge in [0.25, 0.3) is 0 Å². The molecule has 0 aliphatic heterocycles. The van der Waals surface area contributed by atoms with Gasteiger partial charge in [0, 0.05) is 34.7 Å². The highest BCUT2D eigenvalue weighted by molar-refractivity contribution is 7.80. The maximum atomic E-state index is 12.6. The Balaban J connectivity index is 1.22. The van der Waals surface area contributed by atoms with Crippen LogP contribution in [0.3, 0.4) is 0 Å². The average Bonchev–Trinajstić information content (AvgIpc) is 3.43. The summed E-state index contributed by atoms with van der Waals surface area (Å²) >= 11 is 11.7. The van der Waals surface area contributed by atoms with Crippen LogP contribution in [0.2, 0.25) is 5.02 Å². The average molecular weight is 628 g/mol. The first-order valence-electron chi connectivity index (χ1n) is 14.2. The number of carbonyl (C=O) groups excluding carboxylic acids is 1. The molecule has 0 atom stereocenters. The fourth-order valence-electron chi connectivity index (χ4n) is 4.89. The van der Waals surface area contributed by atoms with Crippen LogP contribution in [0.25, 0.3) is 17.1 Å². The Hall–Kier alpha value is -3.56. The molecule has 0 saturated carbocycles. The van der Waals surface area contributed by atoms with Gasteiger partial charge in [0.15, 0.2) is 5.82 Å². The number of ether oxygens (including phenoxy) is 1. The van der Waals surface area contributed by atoms with Crippen molar-refractivity contribution in [2.75, 3.05) is 0 Å². The number of Topliss-reactive ketones (excluding diaryl/α,β-unsaturated/α-hetero) is 1. The van der Waals surface area contributed by atoms with E-state index in [1.807, 2.05) is 42.5 Å². The van der Waals surface area contributed by atoms with Crippen molar-refractivity contribution in [2.45, 2.75) is 71.1 Å². The van der Waals surface area contributed by atoms with Gasteiger partial charge in [-0.3, -0.25) is 4.79 Å². The smallest absolute Gasteiger partial charge is 0.406 e. The molecule has 0 fully saturated rings. The van der Waals surface area contributed by atoms with Gasteiger partial charge in [-0.15, -0.1) is 18.3 Å². The lowest BCUT2D eigenvalue weighted by Crippen LogP contribution is -2.17. The molecule has 0 bridgehead atoms. The van der Waals surface area contributed by atoms with Gasteiger partial charge < -0.3 is 4.74 Å². The van der Waals surface area contributed by atoms with E-state index in [9.17, 15) is 18.0 Å². The first kappa shape index (κ1) is 32.4. The van der Waals surface area contributed by atoms with Gasteiger partial charge in [-0.25, -0.2) is 9.67 Å². The molecule has 1 aromatic heterocycles. The zero-order valence-electron chi connectivity index (χ0n) is 24.0. The highest BCUT2D eigenvalue weighted by Gasteiger charge is 2.31. The molecule has 0 radical (unpaired) electrons. The van der Waals surface area contributed by atoms with E-state index in [0.29, 0.717) is 41.7 Å². The normalized spacial score (nSPS) is 11.6. The lowest BCUT2D eigenvalue weighted by atomic mass is 9.93. The number of ketones is 1. The van der Waals surface area contributed by atoms with Gasteiger partial charge in [-0.1, -0.05) is 68.4 Å². The molecular formula is C33H33ClF3N3O2S. The van der Waals surface area contributed by atoms with Crippen molar-refractivity contribution in [2.24, 2.45) is 0 Å². The number of nitrogens with zero attached hydrogens (tertiary/aromatic N) is 3. The molecule has 0 aliphatic rings. The SMILES string of the molecule is CC(C)c1ccc(Cl)cc1CC(=S)CC(=O)CCCCCc1cccc(-c2ncn(-c3ccc(OC(F)(F)F)cc3)n2)c1. The summed E-state index contributed by atoms with van der Waals surface area (Å²) in [4.78, 5) is 17.7. The van der Waals surface area contributed by atoms with Crippen molar-refractivity contribution in [1.82, 2.24) is 14.8 Å². The van der Waals surface area contributed by atoms with Gasteiger partial charge in [0.2, 0.25) is 0 Å². The number of hydrogen-bond acceptors (Lipinski definition) is 5. The third-order valence-corrected chi connectivity index (χ3v) is 7.47. The minimum atomic E-state index is -4.74. The van der Waals surface area contributed by atoms with Crippen LogP contribution in [0.4, 0.5) is 13.2 Å². The van der Waals surface area contributed by atoms with Gasteiger partial charge in [0.05, 0.1) is 5.69 Å². The number of aromatic nitrogens is 3. The summed E-state index contributed by atoms with van der Waals surface area (Å²) in [5.41, 5.74) is 4.85. The number of hydrogen-bond donors (Lipinski definition) is 0. The second-order valence-electron chi connectivity index (χ2n) is 10.7. The first-order chi connectivity index (χ1) is 20.5. The van der Waals surface area contributed by atoms with Crippen molar-refractivity contribution in [1.29, 1.82) is 0 Å². The van der Waals surface area contributed by atoms with E-state index in [2.05, 4.69) is 28.7 Å². The molecule has 10 heteroatoms. The van der Waals surface area contributed by atoms with Gasteiger partial charge in [-0.05, 0) is 84.3 Å². The number of benzene rings is 3. The molecular weight excluding hydrogens is 595 g/mol. The standard InChI is InChI=1S/C33H33ClF3N3O2S/c1-22(2)31-16-11-26(34)18-25(31)19-30(43)20-28(41)10-5-3-4-7-23-8-6-9-24(17-23)32-38-21-40(39-32)27-12-14-29(15-13-27)42-33(35,36)37/h6,8-9,11-18,21-22H,3-5,7,10,19-20H2,1-2H3. The molecule has 0 unspecified atom stereocenters. The molecule has 0 amide bonds. The summed E-state index contributed by atoms with van der Waals surface area (Å²) in [6.45, 7) is 4.27. The van der Waals surface area contributed by atoms with Crippen molar-refractivity contribution >= 4 is 34.5 Å². The monoisotopic (exact) mass is 627 g/mol. The summed E-state index contributed by atoms with van der Waals surface area (Å²) in [5.74, 6) is 0.740. The molecule has 226 valence electrons. The van der Waals surface area contributed by atoms with E-state index in [1.54, 1.807) is 0 Å². The van der Waals surface area contributed by atoms with Crippen LogP contribution in [0, 0.1) is 0 Å². The van der Waals surface area contributed by atoms with Gasteiger partial charge in [0.1, 0.15) is 17.9 Å². The second kappa shape index (κ2) is 14.8. The fraction of sp³-hybridized carbons (Fsp3) is 0.333. The molecule has 1 heterocycles. The molecule has 0 spiro atoms. The number of carbonyl (C=O) groups is 1. The Morgan fingerprint density at radius 3 is 2.51 bits per heavy atom. The topological polar surface area (TPSA) is 57.0 Å². The summed E-state index contributed by atoms with van der Waals surface area (Å²) < 4.78 is 42.6. The zero-order valence-corrected chi connectivity index (χ0v) is 25.6. The lowest BCUT2D eigenvalue weighted by molar-refractivity contribution is -0.274. The molecule has 5 nitrogen and oxygen atoms in total. The highest BCUT2D eigenvalue weighted by atomic mass is 35.5. The van der Waals surface area contributed by atoms with Gasteiger partial charge >= 0.3 is 6.36 Å². The van der Waals surface area contributed by atoms with Crippen molar-refractivity contribution in [3.05, 3.63) is 94.8 Å². The largest absolute Gasteiger partial charge is 0.573 e. The number of halogens is 4. The third kappa shape index (κ3) is 10.0. The van der Waals surface area contributed by atoms with E-state index in [0.717, 1.165) is 47.2 Å². The van der Waals surface area contributed by atoms with Crippen LogP contribution in [-0.4, -0.2) is 31.8 Å². The Bertz CT molecular complexity index is 1550. The Labute approximate surface area is 260 Å². The van der Waals surface area contributed by atoms with E-state index in [1.165, 1.54) is 40.8 Å². The summed E-state index contributed by atoms with van der Waals surface area (Å²) in [7, 11) is 0. The number of unbranched alkanes of at least 4 members (excludes halogenated alkanes) is 2. The number of thiocarbonyl (C=S) groups is 1. The molecule has 4 aromatic rings. The van der Waals surface area contributed by atoms with E-state index in [4.69, 9.17) is 23.8 Å². The van der Waals surface area contributed by atoms with Crippen molar-refractivity contribution in [3.8, 4) is 22.8 Å². The predicted molar refractivity (Wildman–Crippen MR) is 167 cm³/mol. The van der Waals surface area contributed by atoms with Crippen LogP contribution < -0.4 is 4.74 Å². The van der Waals surface area contributed by atoms with E-state index < -0.39 is 6.36 Å². The van der Waals surface area contributed by atoms with Crippen LogP contribution in [0.5, 0.6) is 5.75 Å². The highest BCUT2D eigenvalue weighted by Crippen LogP contribution is 2.26. The molecule has 0 aliphatic carbocycles. The van der Waals surface area contributed by atoms with Crippen LogP contribution in [0.15, 0.2) is 73.1 Å². The minimum Gasteiger partial charge on any atom is -0.406 e. The minimum absolute atomic E-state index is 0.171. The maximum absolute atomic E-state index is 12.6. The maximum Gasteiger partial charge on any atom is 0.573 e. The molecule has 43 heavy (non-hydrogen) atoms. The summed E-state index contributed by atoms with van der Waals surface area (Å²) in [6.07, 6.45) is 1.72. The quantitative estimate of drug-likeness (QED) is 0.103. The second-order valence-corrected chi connectivity index (χ2v) is 11.8. The van der Waals surface area contributed by atoms with Crippen LogP contribution in [-0.2, 0) is 17.6 Å². The zero-order chi connectivity index (χ0) is 31.0. The molecule has 0 N–H and O–H groups in total. The van der Waals surface area contributed by atoms with E-state index in [-0.39, 0.29) is 11.5 Å². The van der Waals surface area contributed by atoms with Crippen LogP contribution >= 0.6 is 23.8 Å². The molecule has 0 saturated heterocycles. The van der Waals surface area contributed by atoms with Crippen LogP contribution in [0.1, 0.15) is 68.6 Å². The summed E-state index contributed by atoms with van der Waals surface area (Å²) in [6, 6.07) is 19.2. The third-order valence-electron chi connectivity index (χ3n) is 6.94. The van der Waals surface area contributed by atoms with Gasteiger partial charge in [-0.2, -0.15) is 0 Å². The lowest BCUT2D eigenvalue weighted by Gasteiger charge is -2.13. The van der Waals surface area contributed by atoms with E-state index >= 15 is 0 Å². The summed E-state index contributed by atoms with van der Waals surface area (Å²) in [5, 5.41) is 5.16. The number of alkyl halides is 3. The van der Waals surface area contributed by atoms with Crippen molar-refractivity contribution in [3.63, 3.8) is 0 Å². The fourth-order valence-corrected chi connectivity index (χ4v) is 5.40. The number of aryl methyl sites for hydroxylation is 1. The van der Waals surface area contributed by atoms with Crippen molar-refractivity contribution < 1.29 is 22.7 Å². The first-order valence-corrected chi connectivity index (χ1v) is 14.9. The Morgan fingerprint density at radius 1 is 1.02 bits per heavy atom. The predicted octanol–water partition coefficient (Wildman–Crippen LogP) is 9.28. The number of rotatable bonds is 14. The Kier molecular flexibility index (Phi) is 11.1. The Morgan fingerprint density at radius 2 is 1.79 bits per heavy atom. The molecule has 3 aromatic carbocycles.